The number of fused-ring (bicyclic) bond motifs is 1. The molecule has 1 aliphatic rings. The minimum Gasteiger partial charge on any atom is -0.404 e. The van der Waals surface area contributed by atoms with Crippen molar-refractivity contribution in [1.29, 1.82) is 0 Å². The molecular formula is C29H27ClF3N5O2. The summed E-state index contributed by atoms with van der Waals surface area (Å²) in [6, 6.07) is 20.7. The van der Waals surface area contributed by atoms with Gasteiger partial charge in [0, 0.05) is 61.6 Å². The Kier molecular flexibility index (Phi) is 8.27. The zero-order valence-corrected chi connectivity index (χ0v) is 22.2. The van der Waals surface area contributed by atoms with E-state index in [-0.39, 0.29) is 11.7 Å². The van der Waals surface area contributed by atoms with E-state index in [9.17, 15) is 18.0 Å². The second-order valence-corrected chi connectivity index (χ2v) is 9.73. The number of amides is 1. The third-order valence-corrected chi connectivity index (χ3v) is 6.90. The van der Waals surface area contributed by atoms with Crippen molar-refractivity contribution < 1.29 is 22.7 Å². The van der Waals surface area contributed by atoms with Crippen LogP contribution < -0.4 is 20.3 Å². The predicted octanol–water partition coefficient (Wildman–Crippen LogP) is 6.08. The second kappa shape index (κ2) is 12.0. The van der Waals surface area contributed by atoms with Gasteiger partial charge in [0.2, 0.25) is 0 Å². The molecule has 2 heterocycles. The van der Waals surface area contributed by atoms with Crippen LogP contribution in [0.2, 0.25) is 5.02 Å². The number of carbonyl (C=O) groups excluding carboxylic acids is 1. The smallest absolute Gasteiger partial charge is 0.404 e. The number of rotatable bonds is 8. The van der Waals surface area contributed by atoms with Gasteiger partial charge in [0.25, 0.3) is 5.91 Å². The fourth-order valence-corrected chi connectivity index (χ4v) is 4.90. The van der Waals surface area contributed by atoms with Gasteiger partial charge in [0.1, 0.15) is 0 Å². The van der Waals surface area contributed by atoms with E-state index in [4.69, 9.17) is 11.6 Å². The average molecular weight is 570 g/mol. The van der Waals surface area contributed by atoms with Crippen LogP contribution in [0.15, 0.2) is 79.0 Å². The molecule has 0 bridgehead atoms. The molecule has 1 aromatic heterocycles. The SMILES string of the molecule is O=C(NCCN1CCN(c2ccccc2OC(F)(F)F)CC1)c1ccccc1Nc1ccnc2ccc(Cl)cc12. The lowest BCUT2D eigenvalue weighted by atomic mass is 10.1. The molecule has 1 aliphatic heterocycles. The average Bonchev–Trinajstić information content (AvgIpc) is 2.93. The lowest BCUT2D eigenvalue weighted by Gasteiger charge is -2.36. The highest BCUT2D eigenvalue weighted by molar-refractivity contribution is 6.31. The number of piperazine rings is 1. The molecule has 7 nitrogen and oxygen atoms in total. The van der Waals surface area contributed by atoms with Gasteiger partial charge in [0.05, 0.1) is 22.5 Å². The van der Waals surface area contributed by atoms with E-state index in [1.165, 1.54) is 12.1 Å². The molecule has 11 heteroatoms. The first-order chi connectivity index (χ1) is 19.3. The van der Waals surface area contributed by atoms with Crippen molar-refractivity contribution in [2.75, 3.05) is 49.5 Å². The number of alkyl halides is 3. The normalized spacial score (nSPS) is 14.2. The highest BCUT2D eigenvalue weighted by Crippen LogP contribution is 2.33. The maximum atomic E-state index is 13.1. The molecule has 3 aromatic carbocycles. The second-order valence-electron chi connectivity index (χ2n) is 9.29. The fraction of sp³-hybridized carbons (Fsp3) is 0.241. The number of anilines is 3. The van der Waals surface area contributed by atoms with E-state index < -0.39 is 6.36 Å². The molecule has 1 amide bonds. The van der Waals surface area contributed by atoms with Crippen LogP contribution in [-0.4, -0.2) is 61.4 Å². The highest BCUT2D eigenvalue weighted by Gasteiger charge is 2.33. The van der Waals surface area contributed by atoms with Crippen LogP contribution >= 0.6 is 11.6 Å². The molecule has 0 unspecified atom stereocenters. The van der Waals surface area contributed by atoms with Crippen molar-refractivity contribution in [2.45, 2.75) is 6.36 Å². The van der Waals surface area contributed by atoms with E-state index in [0.29, 0.717) is 61.2 Å². The summed E-state index contributed by atoms with van der Waals surface area (Å²) >= 11 is 6.19. The van der Waals surface area contributed by atoms with Crippen molar-refractivity contribution in [2.24, 2.45) is 0 Å². The monoisotopic (exact) mass is 569 g/mol. The quantitative estimate of drug-likeness (QED) is 0.268. The van der Waals surface area contributed by atoms with E-state index in [1.807, 2.05) is 35.2 Å². The number of aromatic nitrogens is 1. The summed E-state index contributed by atoms with van der Waals surface area (Å²) in [6.07, 6.45) is -3.05. The lowest BCUT2D eigenvalue weighted by molar-refractivity contribution is -0.274. The van der Waals surface area contributed by atoms with Crippen molar-refractivity contribution in [3.05, 3.63) is 89.6 Å². The number of para-hydroxylation sites is 3. The van der Waals surface area contributed by atoms with Gasteiger partial charge >= 0.3 is 6.36 Å². The van der Waals surface area contributed by atoms with Crippen LogP contribution in [0.5, 0.6) is 5.75 Å². The van der Waals surface area contributed by atoms with Crippen LogP contribution in [0.25, 0.3) is 10.9 Å². The van der Waals surface area contributed by atoms with E-state index >= 15 is 0 Å². The number of pyridine rings is 1. The summed E-state index contributed by atoms with van der Waals surface area (Å²) in [5.41, 5.74) is 3.14. The van der Waals surface area contributed by atoms with Crippen molar-refractivity contribution >= 4 is 45.5 Å². The van der Waals surface area contributed by atoms with Crippen LogP contribution in [0.3, 0.4) is 0 Å². The Morgan fingerprint density at radius 1 is 0.950 bits per heavy atom. The predicted molar refractivity (Wildman–Crippen MR) is 151 cm³/mol. The number of hydrogen-bond donors (Lipinski definition) is 2. The topological polar surface area (TPSA) is 69.7 Å². The lowest BCUT2D eigenvalue weighted by Crippen LogP contribution is -2.48. The third kappa shape index (κ3) is 6.75. The maximum Gasteiger partial charge on any atom is 0.573 e. The number of benzene rings is 3. The summed E-state index contributed by atoms with van der Waals surface area (Å²) in [5, 5.41) is 7.77. The zero-order chi connectivity index (χ0) is 28.1. The maximum absolute atomic E-state index is 13.1. The molecular weight excluding hydrogens is 543 g/mol. The van der Waals surface area contributed by atoms with E-state index in [0.717, 1.165) is 16.6 Å². The molecule has 0 atom stereocenters. The summed E-state index contributed by atoms with van der Waals surface area (Å²) in [6.45, 7) is 3.42. The van der Waals surface area contributed by atoms with Gasteiger partial charge in [-0.05, 0) is 48.5 Å². The number of nitrogens with one attached hydrogen (secondary N) is 2. The number of carbonyl (C=O) groups is 1. The molecule has 1 fully saturated rings. The molecule has 1 saturated heterocycles. The first-order valence-electron chi connectivity index (χ1n) is 12.8. The summed E-state index contributed by atoms with van der Waals surface area (Å²) in [5.74, 6) is -0.415. The Balaban J connectivity index is 1.16. The van der Waals surface area contributed by atoms with Gasteiger partial charge < -0.3 is 20.3 Å². The van der Waals surface area contributed by atoms with E-state index in [1.54, 1.807) is 36.5 Å². The Morgan fingerprint density at radius 3 is 2.50 bits per heavy atom. The summed E-state index contributed by atoms with van der Waals surface area (Å²) in [4.78, 5) is 21.5. The molecule has 0 aliphatic carbocycles. The van der Waals surface area contributed by atoms with Crippen molar-refractivity contribution in [1.82, 2.24) is 15.2 Å². The fourth-order valence-electron chi connectivity index (χ4n) is 4.73. The Bertz CT molecular complexity index is 1490. The molecule has 4 aromatic rings. The van der Waals surface area contributed by atoms with Crippen LogP contribution in [0.4, 0.5) is 30.2 Å². The largest absolute Gasteiger partial charge is 0.573 e. The number of halogens is 4. The van der Waals surface area contributed by atoms with E-state index in [2.05, 4.69) is 25.3 Å². The molecule has 0 saturated carbocycles. The minimum atomic E-state index is -4.75. The minimum absolute atomic E-state index is 0.203. The first kappa shape index (κ1) is 27.5. The molecule has 40 heavy (non-hydrogen) atoms. The zero-order valence-electron chi connectivity index (χ0n) is 21.4. The van der Waals surface area contributed by atoms with Crippen molar-refractivity contribution in [3.63, 3.8) is 0 Å². The van der Waals surface area contributed by atoms with Gasteiger partial charge in [-0.3, -0.25) is 14.7 Å². The highest BCUT2D eigenvalue weighted by atomic mass is 35.5. The Labute approximate surface area is 234 Å². The molecule has 0 radical (unpaired) electrons. The van der Waals surface area contributed by atoms with Crippen LogP contribution in [-0.2, 0) is 0 Å². The van der Waals surface area contributed by atoms with Gasteiger partial charge in [-0.1, -0.05) is 35.9 Å². The van der Waals surface area contributed by atoms with Gasteiger partial charge in [0.15, 0.2) is 5.75 Å². The molecule has 0 spiro atoms. The summed E-state index contributed by atoms with van der Waals surface area (Å²) in [7, 11) is 0. The van der Waals surface area contributed by atoms with Crippen LogP contribution in [0, 0.1) is 0 Å². The molecule has 5 rings (SSSR count). The van der Waals surface area contributed by atoms with Crippen molar-refractivity contribution in [3.8, 4) is 5.75 Å². The van der Waals surface area contributed by atoms with Crippen LogP contribution in [0.1, 0.15) is 10.4 Å². The number of hydrogen-bond acceptors (Lipinski definition) is 6. The molecule has 2 N–H and O–H groups in total. The number of nitrogens with zero attached hydrogens (tertiary/aromatic N) is 3. The molecule has 208 valence electrons. The third-order valence-electron chi connectivity index (χ3n) is 6.66. The number of ether oxygens (including phenoxy) is 1. The first-order valence-corrected chi connectivity index (χ1v) is 13.2. The summed E-state index contributed by atoms with van der Waals surface area (Å²) < 4.78 is 42.6. The van der Waals surface area contributed by atoms with Gasteiger partial charge in [-0.15, -0.1) is 13.2 Å². The Hall–Kier alpha value is -4.02. The standard InChI is InChI=1S/C29H27ClF3N5O2/c30-20-9-10-23-22(19-20)25(11-12-34-23)36-24-6-2-1-5-21(24)28(39)35-13-14-37-15-17-38(18-16-37)26-7-3-4-8-27(26)40-29(31,32)33/h1-12,19H,13-18H2,(H,34,36)(H,35,39). The van der Waals surface area contributed by atoms with Gasteiger partial charge in [-0.25, -0.2) is 0 Å². The Morgan fingerprint density at radius 2 is 1.70 bits per heavy atom. The van der Waals surface area contributed by atoms with Gasteiger partial charge in [-0.2, -0.15) is 0 Å².